The largest absolute Gasteiger partial charge is 0.378 e. The van der Waals surface area contributed by atoms with Crippen molar-refractivity contribution in [2.75, 3.05) is 36.5 Å². The number of rotatable bonds is 5. The molecule has 1 N–H and O–H groups in total. The summed E-state index contributed by atoms with van der Waals surface area (Å²) in [4.78, 5) is 12.6. The summed E-state index contributed by atoms with van der Waals surface area (Å²) < 4.78 is 10.2. The van der Waals surface area contributed by atoms with E-state index in [1.807, 2.05) is 0 Å². The van der Waals surface area contributed by atoms with Gasteiger partial charge in [-0.05, 0) is 28.2 Å². The lowest BCUT2D eigenvalue weighted by atomic mass is 10.2. The van der Waals surface area contributed by atoms with Gasteiger partial charge in [0, 0.05) is 18.0 Å². The Morgan fingerprint density at radius 2 is 2.04 bits per heavy atom. The van der Waals surface area contributed by atoms with Crippen molar-refractivity contribution in [2.45, 2.75) is 19.4 Å². The molecule has 0 radical (unpaired) electrons. The summed E-state index contributed by atoms with van der Waals surface area (Å²) in [6.07, 6.45) is 0.944. The first-order valence-electron chi connectivity index (χ1n) is 7.98. The molecule has 126 valence electrons. The minimum absolute atomic E-state index is 0.177. The van der Waals surface area contributed by atoms with E-state index >= 15 is 0 Å². The lowest BCUT2D eigenvalue weighted by molar-refractivity contribution is 0.122. The number of aromatic nitrogens is 4. The van der Waals surface area contributed by atoms with Crippen LogP contribution in [0.25, 0.3) is 11.3 Å². The molecule has 0 bridgehead atoms. The summed E-state index contributed by atoms with van der Waals surface area (Å²) in [6, 6.07) is 4.37. The zero-order valence-corrected chi connectivity index (χ0v) is 14.1. The maximum atomic E-state index is 5.44. The fraction of sp³-hybridized carbons (Fsp3) is 0.467. The van der Waals surface area contributed by atoms with Gasteiger partial charge in [-0.25, -0.2) is 14.6 Å². The third kappa shape index (κ3) is 2.92. The van der Waals surface area contributed by atoms with Gasteiger partial charge < -0.3 is 15.0 Å². The topological polar surface area (TPSA) is 89.2 Å². The molecule has 9 heteroatoms. The van der Waals surface area contributed by atoms with Gasteiger partial charge in [-0.15, -0.1) is 11.3 Å². The van der Waals surface area contributed by atoms with Crippen LogP contribution in [0.4, 0.5) is 11.6 Å². The van der Waals surface area contributed by atoms with Gasteiger partial charge in [0.05, 0.1) is 19.3 Å². The molecule has 1 unspecified atom stereocenters. The monoisotopic (exact) mass is 346 g/mol. The highest BCUT2D eigenvalue weighted by atomic mass is 32.1. The molecule has 0 aliphatic carbocycles. The molecule has 1 saturated heterocycles. The van der Waals surface area contributed by atoms with Crippen LogP contribution in [0.1, 0.15) is 24.3 Å². The van der Waals surface area contributed by atoms with Crippen molar-refractivity contribution >= 4 is 34.3 Å². The molecule has 0 amide bonds. The first-order chi connectivity index (χ1) is 11.8. The van der Waals surface area contributed by atoms with E-state index in [2.05, 4.69) is 54.9 Å². The molecule has 4 heterocycles. The van der Waals surface area contributed by atoms with Crippen molar-refractivity contribution < 1.29 is 9.37 Å². The number of hydrogen-bond donors (Lipinski definition) is 1. The number of nitrogens with zero attached hydrogens (tertiary/aromatic N) is 5. The van der Waals surface area contributed by atoms with Gasteiger partial charge in [0.15, 0.2) is 11.6 Å². The Balaban J connectivity index is 1.71. The minimum atomic E-state index is 0.177. The zero-order valence-electron chi connectivity index (χ0n) is 13.3. The first-order valence-corrected chi connectivity index (χ1v) is 8.86. The van der Waals surface area contributed by atoms with Crippen molar-refractivity contribution in [1.29, 1.82) is 0 Å². The molecular formula is C15H18N6O2S. The van der Waals surface area contributed by atoms with Crippen molar-refractivity contribution in [3.63, 3.8) is 0 Å². The van der Waals surface area contributed by atoms with Crippen LogP contribution in [0.3, 0.4) is 0 Å². The van der Waals surface area contributed by atoms with Crippen LogP contribution >= 0.6 is 11.3 Å². The van der Waals surface area contributed by atoms with Gasteiger partial charge in [-0.2, -0.15) is 0 Å². The predicted molar refractivity (Wildman–Crippen MR) is 91.4 cm³/mol. The van der Waals surface area contributed by atoms with E-state index in [9.17, 15) is 0 Å². The highest BCUT2D eigenvalue weighted by Gasteiger charge is 2.22. The summed E-state index contributed by atoms with van der Waals surface area (Å²) in [5.74, 6) is 1.48. The number of ether oxygens (including phenoxy) is 1. The normalized spacial score (nSPS) is 16.5. The maximum Gasteiger partial charge on any atom is 0.245 e. The third-order valence-corrected chi connectivity index (χ3v) is 5.00. The predicted octanol–water partition coefficient (Wildman–Crippen LogP) is 2.47. The molecule has 3 aromatic heterocycles. The van der Waals surface area contributed by atoms with Gasteiger partial charge in [0.2, 0.25) is 11.3 Å². The fourth-order valence-electron chi connectivity index (χ4n) is 2.75. The fourth-order valence-corrected chi connectivity index (χ4v) is 3.61. The van der Waals surface area contributed by atoms with Gasteiger partial charge in [-0.1, -0.05) is 13.0 Å². The molecule has 0 saturated carbocycles. The van der Waals surface area contributed by atoms with Crippen LogP contribution in [-0.4, -0.2) is 46.6 Å². The summed E-state index contributed by atoms with van der Waals surface area (Å²) in [6.45, 7) is 5.05. The number of hydrogen-bond acceptors (Lipinski definition) is 9. The van der Waals surface area contributed by atoms with Gasteiger partial charge in [-0.3, -0.25) is 0 Å². The Kier molecular flexibility index (Phi) is 4.26. The highest BCUT2D eigenvalue weighted by molar-refractivity contribution is 7.10. The Bertz CT molecular complexity index is 800. The quantitative estimate of drug-likeness (QED) is 0.754. The van der Waals surface area contributed by atoms with E-state index < -0.39 is 0 Å². The highest BCUT2D eigenvalue weighted by Crippen LogP contribution is 2.31. The van der Waals surface area contributed by atoms with Crippen molar-refractivity contribution in [3.8, 4) is 0 Å². The molecule has 24 heavy (non-hydrogen) atoms. The zero-order chi connectivity index (χ0) is 16.4. The minimum Gasteiger partial charge on any atom is -0.378 e. The second-order valence-electron chi connectivity index (χ2n) is 5.53. The van der Waals surface area contributed by atoms with Crippen molar-refractivity contribution in [2.24, 2.45) is 0 Å². The Hall–Kier alpha value is -2.26. The number of thiophene rings is 1. The lowest BCUT2D eigenvalue weighted by Gasteiger charge is -2.29. The molecule has 4 rings (SSSR count). The Labute approximate surface area is 142 Å². The van der Waals surface area contributed by atoms with E-state index in [0.717, 1.165) is 25.3 Å². The molecule has 1 fully saturated rings. The van der Waals surface area contributed by atoms with Gasteiger partial charge in [0.1, 0.15) is 0 Å². The molecule has 1 aliphatic rings. The van der Waals surface area contributed by atoms with Crippen LogP contribution in [0.2, 0.25) is 0 Å². The second kappa shape index (κ2) is 6.70. The number of morpholine rings is 1. The van der Waals surface area contributed by atoms with Gasteiger partial charge in [0.25, 0.3) is 0 Å². The van der Waals surface area contributed by atoms with E-state index in [1.165, 1.54) is 4.88 Å². The molecule has 1 atom stereocenters. The summed E-state index contributed by atoms with van der Waals surface area (Å²) >= 11 is 1.73. The summed E-state index contributed by atoms with van der Waals surface area (Å²) in [7, 11) is 0. The molecular weight excluding hydrogens is 328 g/mol. The third-order valence-electron chi connectivity index (χ3n) is 4.01. The Morgan fingerprint density at radius 3 is 2.75 bits per heavy atom. The van der Waals surface area contributed by atoms with Crippen molar-refractivity contribution in [3.05, 3.63) is 22.4 Å². The van der Waals surface area contributed by atoms with Crippen LogP contribution in [-0.2, 0) is 4.74 Å². The summed E-state index contributed by atoms with van der Waals surface area (Å²) in [5.41, 5.74) is 0.835. The number of fused-ring (bicyclic) bond motifs is 1. The maximum absolute atomic E-state index is 5.44. The molecule has 0 aromatic carbocycles. The van der Waals surface area contributed by atoms with E-state index in [-0.39, 0.29) is 6.04 Å². The number of nitrogens with one attached hydrogen (secondary N) is 1. The average Bonchev–Trinajstić information content (AvgIpc) is 3.31. The second-order valence-corrected chi connectivity index (χ2v) is 6.51. The van der Waals surface area contributed by atoms with Gasteiger partial charge >= 0.3 is 0 Å². The van der Waals surface area contributed by atoms with Crippen LogP contribution < -0.4 is 10.2 Å². The van der Waals surface area contributed by atoms with E-state index in [4.69, 9.17) is 9.37 Å². The molecule has 8 nitrogen and oxygen atoms in total. The van der Waals surface area contributed by atoms with E-state index in [0.29, 0.717) is 30.3 Å². The molecule has 0 spiro atoms. The van der Waals surface area contributed by atoms with Crippen molar-refractivity contribution in [1.82, 2.24) is 20.3 Å². The SMILES string of the molecule is CCC(Nc1nc2nonc2nc1N1CCOCC1)c1cccs1. The average molecular weight is 346 g/mol. The number of anilines is 2. The van der Waals surface area contributed by atoms with E-state index in [1.54, 1.807) is 11.3 Å². The molecule has 3 aromatic rings. The lowest BCUT2D eigenvalue weighted by Crippen LogP contribution is -2.37. The molecule has 1 aliphatic heterocycles. The van der Waals surface area contributed by atoms with Crippen LogP contribution in [0.5, 0.6) is 0 Å². The first kappa shape index (κ1) is 15.3. The Morgan fingerprint density at radius 1 is 1.25 bits per heavy atom. The smallest absolute Gasteiger partial charge is 0.245 e. The standard InChI is InChI=1S/C15H18N6O2S/c1-2-10(11-4-3-9-24-11)16-14-15(21-5-7-22-8-6-21)18-13-12(17-14)19-23-20-13/h3-4,9-10H,2,5-8H2,1H3,(H,16,17,19). The van der Waals surface area contributed by atoms with Crippen LogP contribution in [0.15, 0.2) is 22.1 Å². The van der Waals surface area contributed by atoms with Crippen LogP contribution in [0, 0.1) is 0 Å². The summed E-state index contributed by atoms with van der Waals surface area (Å²) in [5, 5.41) is 13.2.